The molecule has 3 N–H and O–H groups in total. The molecule has 16 heavy (non-hydrogen) atoms. The van der Waals surface area contributed by atoms with E-state index in [0.717, 1.165) is 16.4 Å². The summed E-state index contributed by atoms with van der Waals surface area (Å²) in [6.07, 6.45) is 3.39. The van der Waals surface area contributed by atoms with E-state index < -0.39 is 0 Å². The minimum absolute atomic E-state index is 0.169. The molecule has 2 aromatic rings. The van der Waals surface area contributed by atoms with Gasteiger partial charge in [-0.3, -0.25) is 4.98 Å². The van der Waals surface area contributed by atoms with Gasteiger partial charge in [0.05, 0.1) is 23.6 Å². The third-order valence-corrected chi connectivity index (χ3v) is 3.30. The van der Waals surface area contributed by atoms with Crippen LogP contribution in [0.15, 0.2) is 23.8 Å². The maximum Gasteiger partial charge on any atom is 0.115 e. The summed E-state index contributed by atoms with van der Waals surface area (Å²) in [4.78, 5) is 8.47. The summed E-state index contributed by atoms with van der Waals surface area (Å²) >= 11 is 1.66. The molecule has 2 heterocycles. The summed E-state index contributed by atoms with van der Waals surface area (Å²) in [5, 5.41) is 6.43. The number of rotatable bonds is 3. The largest absolute Gasteiger partial charge is 0.397 e. The average Bonchev–Trinajstić information content (AvgIpc) is 2.65. The highest BCUT2D eigenvalue weighted by atomic mass is 32.1. The van der Waals surface area contributed by atoms with E-state index in [2.05, 4.69) is 22.2 Å². The Morgan fingerprint density at radius 2 is 2.25 bits per heavy atom. The standard InChI is InChI=1S/C11H14N4S/c1-7-6-16-11(14-7)8(2)15-10-3-9(12)4-13-5-10/h3-6,8,15H,12H2,1-2H3. The molecule has 0 aliphatic rings. The third-order valence-electron chi connectivity index (χ3n) is 2.15. The zero-order chi connectivity index (χ0) is 11.5. The number of hydrogen-bond acceptors (Lipinski definition) is 5. The number of nitrogens with zero attached hydrogens (tertiary/aromatic N) is 2. The van der Waals surface area contributed by atoms with Crippen LogP contribution in [-0.4, -0.2) is 9.97 Å². The molecule has 2 rings (SSSR count). The van der Waals surface area contributed by atoms with Gasteiger partial charge in [0.1, 0.15) is 5.01 Å². The second kappa shape index (κ2) is 4.49. The van der Waals surface area contributed by atoms with Crippen LogP contribution in [0.3, 0.4) is 0 Å². The number of pyridine rings is 1. The molecule has 4 nitrogen and oxygen atoms in total. The molecule has 84 valence electrons. The first kappa shape index (κ1) is 10.9. The molecular weight excluding hydrogens is 220 g/mol. The van der Waals surface area contributed by atoms with Crippen molar-refractivity contribution in [2.45, 2.75) is 19.9 Å². The Balaban J connectivity index is 2.10. The van der Waals surface area contributed by atoms with Crippen LogP contribution in [0.1, 0.15) is 23.7 Å². The van der Waals surface area contributed by atoms with E-state index in [1.165, 1.54) is 0 Å². The summed E-state index contributed by atoms with van der Waals surface area (Å²) in [6, 6.07) is 2.03. The van der Waals surface area contributed by atoms with Gasteiger partial charge in [-0.05, 0) is 19.9 Å². The van der Waals surface area contributed by atoms with Gasteiger partial charge in [0.25, 0.3) is 0 Å². The fourth-order valence-electron chi connectivity index (χ4n) is 1.42. The molecule has 0 saturated carbocycles. The van der Waals surface area contributed by atoms with Gasteiger partial charge in [-0.2, -0.15) is 0 Å². The predicted molar refractivity (Wildman–Crippen MR) is 67.5 cm³/mol. The number of anilines is 2. The summed E-state index contributed by atoms with van der Waals surface area (Å²) in [5.41, 5.74) is 8.29. The molecular formula is C11H14N4S. The van der Waals surface area contributed by atoms with Crippen LogP contribution >= 0.6 is 11.3 Å². The normalized spacial score (nSPS) is 12.4. The van der Waals surface area contributed by atoms with Gasteiger partial charge < -0.3 is 11.1 Å². The minimum atomic E-state index is 0.169. The molecule has 0 aliphatic heterocycles. The second-order valence-corrected chi connectivity index (χ2v) is 4.59. The predicted octanol–water partition coefficient (Wildman–Crippen LogP) is 2.60. The molecule has 0 aliphatic carbocycles. The molecule has 0 saturated heterocycles. The lowest BCUT2D eigenvalue weighted by molar-refractivity contribution is 0.862. The van der Waals surface area contributed by atoms with E-state index in [9.17, 15) is 0 Å². The summed E-state index contributed by atoms with van der Waals surface area (Å²) in [6.45, 7) is 4.07. The number of nitrogen functional groups attached to an aromatic ring is 1. The molecule has 1 unspecified atom stereocenters. The second-order valence-electron chi connectivity index (χ2n) is 3.70. The van der Waals surface area contributed by atoms with Gasteiger partial charge in [-0.1, -0.05) is 0 Å². The van der Waals surface area contributed by atoms with Crippen molar-refractivity contribution in [2.24, 2.45) is 0 Å². The number of nitrogens with two attached hydrogens (primary N) is 1. The van der Waals surface area contributed by atoms with Crippen molar-refractivity contribution < 1.29 is 0 Å². The van der Waals surface area contributed by atoms with Crippen molar-refractivity contribution in [2.75, 3.05) is 11.1 Å². The van der Waals surface area contributed by atoms with Crippen LogP contribution in [0.25, 0.3) is 0 Å². The van der Waals surface area contributed by atoms with E-state index in [0.29, 0.717) is 5.69 Å². The molecule has 5 heteroatoms. The lowest BCUT2D eigenvalue weighted by Crippen LogP contribution is -2.06. The smallest absolute Gasteiger partial charge is 0.115 e. The monoisotopic (exact) mass is 234 g/mol. The van der Waals surface area contributed by atoms with E-state index in [4.69, 9.17) is 5.73 Å². The Labute approximate surface area is 98.6 Å². The number of aromatic nitrogens is 2. The number of nitrogens with one attached hydrogen (secondary N) is 1. The van der Waals surface area contributed by atoms with Gasteiger partial charge in [-0.25, -0.2) is 4.98 Å². The number of thiazole rings is 1. The molecule has 0 spiro atoms. The third kappa shape index (κ3) is 2.49. The lowest BCUT2D eigenvalue weighted by Gasteiger charge is -2.12. The van der Waals surface area contributed by atoms with Gasteiger partial charge in [0.2, 0.25) is 0 Å². The Morgan fingerprint density at radius 3 is 2.88 bits per heavy atom. The Kier molecular flexibility index (Phi) is 3.05. The highest BCUT2D eigenvalue weighted by Gasteiger charge is 2.09. The van der Waals surface area contributed by atoms with Crippen LogP contribution in [-0.2, 0) is 0 Å². The minimum Gasteiger partial charge on any atom is -0.397 e. The van der Waals surface area contributed by atoms with E-state index in [1.807, 2.05) is 18.4 Å². The Bertz CT molecular complexity index is 480. The molecule has 1 atom stereocenters. The highest BCUT2D eigenvalue weighted by Crippen LogP contribution is 2.22. The fourth-order valence-corrected chi connectivity index (χ4v) is 2.22. The topological polar surface area (TPSA) is 63.8 Å². The van der Waals surface area contributed by atoms with Crippen LogP contribution in [0.2, 0.25) is 0 Å². The molecule has 0 aromatic carbocycles. The fraction of sp³-hybridized carbons (Fsp3) is 0.273. The Morgan fingerprint density at radius 1 is 1.44 bits per heavy atom. The maximum absolute atomic E-state index is 5.66. The van der Waals surface area contributed by atoms with E-state index >= 15 is 0 Å². The number of aryl methyl sites for hydroxylation is 1. The summed E-state index contributed by atoms with van der Waals surface area (Å²) < 4.78 is 0. The highest BCUT2D eigenvalue weighted by molar-refractivity contribution is 7.09. The molecule has 0 amide bonds. The maximum atomic E-state index is 5.66. The first-order valence-electron chi connectivity index (χ1n) is 5.04. The van der Waals surface area contributed by atoms with Crippen LogP contribution in [0, 0.1) is 6.92 Å². The number of hydrogen-bond donors (Lipinski definition) is 2. The zero-order valence-electron chi connectivity index (χ0n) is 9.27. The van der Waals surface area contributed by atoms with Crippen molar-refractivity contribution in [1.29, 1.82) is 0 Å². The molecule has 0 radical (unpaired) electrons. The quantitative estimate of drug-likeness (QED) is 0.856. The van der Waals surface area contributed by atoms with Gasteiger partial charge in [-0.15, -0.1) is 11.3 Å². The summed E-state index contributed by atoms with van der Waals surface area (Å²) in [5.74, 6) is 0. The lowest BCUT2D eigenvalue weighted by atomic mass is 10.3. The zero-order valence-corrected chi connectivity index (χ0v) is 10.1. The van der Waals surface area contributed by atoms with Crippen molar-refractivity contribution in [3.05, 3.63) is 34.5 Å². The summed E-state index contributed by atoms with van der Waals surface area (Å²) in [7, 11) is 0. The van der Waals surface area contributed by atoms with Crippen LogP contribution < -0.4 is 11.1 Å². The van der Waals surface area contributed by atoms with Crippen molar-refractivity contribution in [3.63, 3.8) is 0 Å². The first-order chi connectivity index (χ1) is 7.65. The first-order valence-corrected chi connectivity index (χ1v) is 5.92. The van der Waals surface area contributed by atoms with Crippen molar-refractivity contribution in [3.8, 4) is 0 Å². The SMILES string of the molecule is Cc1csc(C(C)Nc2cncc(N)c2)n1. The van der Waals surface area contributed by atoms with Crippen LogP contribution in [0.5, 0.6) is 0 Å². The van der Waals surface area contributed by atoms with E-state index in [-0.39, 0.29) is 6.04 Å². The average molecular weight is 234 g/mol. The van der Waals surface area contributed by atoms with E-state index in [1.54, 1.807) is 23.7 Å². The van der Waals surface area contributed by atoms with Crippen LogP contribution in [0.4, 0.5) is 11.4 Å². The Hall–Kier alpha value is -1.62. The van der Waals surface area contributed by atoms with Crippen molar-refractivity contribution in [1.82, 2.24) is 9.97 Å². The van der Waals surface area contributed by atoms with Crippen molar-refractivity contribution >= 4 is 22.7 Å². The molecule has 0 fully saturated rings. The molecule has 2 aromatic heterocycles. The van der Waals surface area contributed by atoms with Gasteiger partial charge in [0, 0.05) is 17.3 Å². The molecule has 0 bridgehead atoms. The van der Waals surface area contributed by atoms with Gasteiger partial charge in [0.15, 0.2) is 0 Å². The van der Waals surface area contributed by atoms with Gasteiger partial charge >= 0.3 is 0 Å².